The van der Waals surface area contributed by atoms with Crippen LogP contribution in [-0.2, 0) is 5.41 Å². The fourth-order valence-electron chi connectivity index (χ4n) is 20.0. The van der Waals surface area contributed by atoms with Crippen LogP contribution < -0.4 is 0 Å². The average molecular weight is 1560 g/mol. The van der Waals surface area contributed by atoms with Gasteiger partial charge in [-0.1, -0.05) is 388 Å². The van der Waals surface area contributed by atoms with Gasteiger partial charge in [-0.25, -0.2) is 9.97 Å². The number of rotatable bonds is 8. The maximum absolute atomic E-state index is 5.20. The molecule has 20 aromatic carbocycles. The van der Waals surface area contributed by atoms with Gasteiger partial charge in [-0.15, -0.1) is 10.2 Å². The SMILES string of the molecule is c1ccc(C2(c3ccccc3)c3ccccc3-c3c(-c4ccc5c6ccccc6n6c7ccccc7nc6c5c4)cccc32)cc1.c1ccc2c(-c3ccc(-c4ccc(-c5ccc(-c6cccc7ccccc67)cc5)nn4)cc3)cccc2c1.c1ccc2c(c1)cc(-c1ccc3c4ccc5ccccc5c4c4nc5ccccc5n4c3c1)c1ccccc12. The van der Waals surface area contributed by atoms with E-state index in [1.807, 2.05) is 12.1 Å². The molecule has 0 saturated heterocycles. The summed E-state index contributed by atoms with van der Waals surface area (Å²) in [6.07, 6.45) is 0. The second kappa shape index (κ2) is 29.1. The highest BCUT2D eigenvalue weighted by Crippen LogP contribution is 2.59. The van der Waals surface area contributed by atoms with Gasteiger partial charge < -0.3 is 0 Å². The molecule has 0 radical (unpaired) electrons. The molecule has 0 spiro atoms. The molecule has 0 saturated carbocycles. The molecular formula is C117H74N6. The molecule has 6 heteroatoms. The van der Waals surface area contributed by atoms with Gasteiger partial charge in [0.05, 0.1) is 49.9 Å². The van der Waals surface area contributed by atoms with Gasteiger partial charge in [0, 0.05) is 32.7 Å². The summed E-state index contributed by atoms with van der Waals surface area (Å²) < 4.78 is 4.70. The van der Waals surface area contributed by atoms with Gasteiger partial charge in [-0.2, -0.15) is 0 Å². The Morgan fingerprint density at radius 3 is 1.23 bits per heavy atom. The van der Waals surface area contributed by atoms with Crippen LogP contribution in [0.25, 0.3) is 209 Å². The summed E-state index contributed by atoms with van der Waals surface area (Å²) in [5.41, 5.74) is 29.6. The first-order valence-corrected chi connectivity index (χ1v) is 42.2. The molecule has 0 atom stereocenters. The average Bonchev–Trinajstić information content (AvgIpc) is 1.40. The van der Waals surface area contributed by atoms with Crippen molar-refractivity contribution in [3.8, 4) is 78.1 Å². The lowest BCUT2D eigenvalue weighted by atomic mass is 9.67. The van der Waals surface area contributed by atoms with Gasteiger partial charge in [-0.3, -0.25) is 8.80 Å². The van der Waals surface area contributed by atoms with E-state index in [-0.39, 0.29) is 0 Å². The summed E-state index contributed by atoms with van der Waals surface area (Å²) in [5, 5.41) is 29.0. The van der Waals surface area contributed by atoms with Crippen LogP contribution in [0.5, 0.6) is 0 Å². The Morgan fingerprint density at radius 1 is 0.195 bits per heavy atom. The van der Waals surface area contributed by atoms with Gasteiger partial charge in [0.2, 0.25) is 0 Å². The Morgan fingerprint density at radius 2 is 0.602 bits per heavy atom. The quantitative estimate of drug-likeness (QED) is 0.142. The zero-order valence-electron chi connectivity index (χ0n) is 66.9. The molecule has 5 heterocycles. The number of hydrogen-bond acceptors (Lipinski definition) is 4. The van der Waals surface area contributed by atoms with E-state index in [0.29, 0.717) is 0 Å². The van der Waals surface area contributed by atoms with Crippen molar-refractivity contribution in [1.82, 2.24) is 29.0 Å². The van der Waals surface area contributed by atoms with Gasteiger partial charge in [-0.05, 0) is 203 Å². The minimum atomic E-state index is -0.425. The second-order valence-corrected chi connectivity index (χ2v) is 32.2. The Hall–Kier alpha value is -16.3. The summed E-state index contributed by atoms with van der Waals surface area (Å²) in [4.78, 5) is 10.4. The number of fused-ring (bicyclic) bond motifs is 26. The van der Waals surface area contributed by atoms with Crippen LogP contribution in [0, 0.1) is 0 Å². The minimum absolute atomic E-state index is 0.425. The van der Waals surface area contributed by atoms with Crippen LogP contribution in [0.15, 0.2) is 449 Å². The number of nitrogens with zero attached hydrogens (tertiary/aromatic N) is 6. The maximum atomic E-state index is 5.20. The summed E-state index contributed by atoms with van der Waals surface area (Å²) in [7, 11) is 0. The predicted octanol–water partition coefficient (Wildman–Crippen LogP) is 30.2. The van der Waals surface area contributed by atoms with E-state index >= 15 is 0 Å². The Labute approximate surface area is 709 Å². The van der Waals surface area contributed by atoms with Crippen molar-refractivity contribution >= 4 is 131 Å². The smallest absolute Gasteiger partial charge is 0.147 e. The van der Waals surface area contributed by atoms with E-state index in [1.165, 1.54) is 170 Å². The first-order chi connectivity index (χ1) is 61.0. The number of aromatic nitrogens is 6. The first kappa shape index (κ1) is 70.9. The van der Waals surface area contributed by atoms with Crippen LogP contribution in [0.1, 0.15) is 22.3 Å². The fraction of sp³-hybridized carbons (Fsp3) is 0.00855. The highest BCUT2D eigenvalue weighted by atomic mass is 15.1. The van der Waals surface area contributed by atoms with Gasteiger partial charge in [0.25, 0.3) is 0 Å². The van der Waals surface area contributed by atoms with Crippen molar-refractivity contribution < 1.29 is 0 Å². The molecule has 123 heavy (non-hydrogen) atoms. The highest BCUT2D eigenvalue weighted by molar-refractivity contribution is 6.24. The molecule has 0 unspecified atom stereocenters. The number of imidazole rings is 2. The van der Waals surface area contributed by atoms with E-state index in [0.717, 1.165) is 61.3 Å². The van der Waals surface area contributed by atoms with Crippen molar-refractivity contribution in [2.75, 3.05) is 0 Å². The largest absolute Gasteiger partial charge is 0.292 e. The van der Waals surface area contributed by atoms with E-state index in [9.17, 15) is 0 Å². The Bertz CT molecular complexity index is 8350. The predicted molar refractivity (Wildman–Crippen MR) is 515 cm³/mol. The third-order valence-corrected chi connectivity index (χ3v) is 25.6. The van der Waals surface area contributed by atoms with Crippen LogP contribution in [0.3, 0.4) is 0 Å². The molecule has 0 bridgehead atoms. The van der Waals surface area contributed by atoms with E-state index in [2.05, 4.69) is 456 Å². The highest BCUT2D eigenvalue weighted by Gasteiger charge is 2.47. The number of pyridine rings is 2. The molecule has 1 aliphatic rings. The second-order valence-electron chi connectivity index (χ2n) is 32.2. The number of hydrogen-bond donors (Lipinski definition) is 0. The fourth-order valence-corrected chi connectivity index (χ4v) is 20.0. The monoisotopic (exact) mass is 1560 g/mol. The molecule has 0 fully saturated rings. The lowest BCUT2D eigenvalue weighted by Crippen LogP contribution is -2.28. The normalized spacial score (nSPS) is 12.3. The van der Waals surface area contributed by atoms with Crippen molar-refractivity contribution in [3.05, 3.63) is 471 Å². The molecule has 6 nitrogen and oxygen atoms in total. The molecule has 0 amide bonds. The van der Waals surface area contributed by atoms with Crippen molar-refractivity contribution in [2.24, 2.45) is 0 Å². The number of benzene rings is 20. The maximum Gasteiger partial charge on any atom is 0.147 e. The van der Waals surface area contributed by atoms with E-state index in [4.69, 9.17) is 9.97 Å². The van der Waals surface area contributed by atoms with Crippen molar-refractivity contribution in [3.63, 3.8) is 0 Å². The summed E-state index contributed by atoms with van der Waals surface area (Å²) in [5.74, 6) is 0. The zero-order chi connectivity index (χ0) is 81.1. The molecular weight excluding hydrogens is 1490 g/mol. The molecule has 0 aliphatic heterocycles. The lowest BCUT2D eigenvalue weighted by Gasteiger charge is -2.34. The Kier molecular flexibility index (Phi) is 16.7. The van der Waals surface area contributed by atoms with Crippen LogP contribution >= 0.6 is 0 Å². The third-order valence-electron chi connectivity index (χ3n) is 25.6. The van der Waals surface area contributed by atoms with Crippen molar-refractivity contribution in [1.29, 1.82) is 0 Å². The minimum Gasteiger partial charge on any atom is -0.292 e. The van der Waals surface area contributed by atoms with Gasteiger partial charge >= 0.3 is 0 Å². The lowest BCUT2D eigenvalue weighted by molar-refractivity contribution is 0.768. The summed E-state index contributed by atoms with van der Waals surface area (Å²) in [6.45, 7) is 0. The van der Waals surface area contributed by atoms with E-state index < -0.39 is 5.41 Å². The van der Waals surface area contributed by atoms with Gasteiger partial charge in [0.1, 0.15) is 11.3 Å². The van der Waals surface area contributed by atoms with Crippen LogP contribution in [0.2, 0.25) is 0 Å². The van der Waals surface area contributed by atoms with Crippen molar-refractivity contribution in [2.45, 2.75) is 5.41 Å². The molecule has 25 aromatic rings. The topological polar surface area (TPSA) is 60.4 Å². The van der Waals surface area contributed by atoms with E-state index in [1.54, 1.807) is 0 Å². The van der Waals surface area contributed by atoms with Gasteiger partial charge in [0.15, 0.2) is 0 Å². The molecule has 0 N–H and O–H groups in total. The van der Waals surface area contributed by atoms with Crippen LogP contribution in [0.4, 0.5) is 0 Å². The van der Waals surface area contributed by atoms with Crippen LogP contribution in [-0.4, -0.2) is 29.0 Å². The summed E-state index contributed by atoms with van der Waals surface area (Å²) in [6, 6.07) is 162. The molecule has 5 aromatic heterocycles. The summed E-state index contributed by atoms with van der Waals surface area (Å²) >= 11 is 0. The third kappa shape index (κ3) is 11.6. The molecule has 26 rings (SSSR count). The zero-order valence-corrected chi connectivity index (χ0v) is 66.9. The standard InChI is InChI=1S/C44H28N2.C37H22N2.C36H24N2/c1-3-14-30(15-4-1)44(31-16-5-2-6-17-31)37-21-9-7-19-35(37)42-32(20-13-22-38(42)44)29-26-27-33-34-18-8-11-24-40(34)46-41-25-12-10-23-39(41)45-43(46)36(33)28-29;1-4-12-27-23(9-1)17-20-31-30-19-18-25(22-35(30)39-34-16-8-7-15-33(34)38-37(39)36(27)31)32-21-24-10-2-3-11-26(24)28-13-5-6-14-29(28)32;1-3-11-31-25(7-1)9-5-13-33(31)27-15-19-29(20-16-27)35-23-24-36(38-37-35)30-21-17-28(18-22-30)34-14-6-10-26-8-2-4-12-32(26)34/h1-28H;1-22H;1-24H. The Balaban J connectivity index is 0.000000105. The number of para-hydroxylation sites is 5. The molecule has 1 aliphatic carbocycles. The first-order valence-electron chi connectivity index (χ1n) is 42.2. The molecule has 572 valence electrons.